The van der Waals surface area contributed by atoms with E-state index in [2.05, 4.69) is 0 Å². The molecule has 12 N–H and O–H groups in total. The highest BCUT2D eigenvalue weighted by Crippen LogP contribution is 2.41. The summed E-state index contributed by atoms with van der Waals surface area (Å²) >= 11 is 0. The Balaban J connectivity index is 1.41. The summed E-state index contributed by atoms with van der Waals surface area (Å²) in [6, 6.07) is 5.26. The van der Waals surface area contributed by atoms with Gasteiger partial charge in [-0.2, -0.15) is 0 Å². The van der Waals surface area contributed by atoms with Crippen LogP contribution in [0.2, 0.25) is 0 Å². The van der Waals surface area contributed by atoms with Gasteiger partial charge in [0.25, 0.3) is 0 Å². The van der Waals surface area contributed by atoms with Gasteiger partial charge in [0.1, 0.15) is 83.5 Å². The molecule has 4 heterocycles. The average Bonchev–Trinajstić information content (AvgIpc) is 3.22. The van der Waals surface area contributed by atoms with Crippen LogP contribution < -0.4 is 14.9 Å². The summed E-state index contributed by atoms with van der Waals surface area (Å²) in [4.78, 5) is 27.4. The average molecular weight is 857 g/mol. The Labute approximate surface area is 339 Å². The van der Waals surface area contributed by atoms with Crippen molar-refractivity contribution in [3.8, 4) is 40.1 Å². The van der Waals surface area contributed by atoms with Gasteiger partial charge in [0.15, 0.2) is 29.7 Å². The second-order valence-electron chi connectivity index (χ2n) is 14.8. The number of aromatic hydroxyl groups is 3. The molecule has 0 spiro atoms. The van der Waals surface area contributed by atoms with Crippen LogP contribution in [0.4, 0.5) is 0 Å². The molecule has 332 valence electrons. The van der Waals surface area contributed by atoms with E-state index in [1.165, 1.54) is 13.0 Å². The van der Waals surface area contributed by atoms with Crippen LogP contribution in [-0.4, -0.2) is 173 Å². The lowest BCUT2D eigenvalue weighted by atomic mass is 9.97. The molecule has 3 fully saturated rings. The molecule has 22 nitrogen and oxygen atoms in total. The van der Waals surface area contributed by atoms with Gasteiger partial charge in [0.2, 0.25) is 23.8 Å². The Hall–Kier alpha value is -4.40. The molecular weight excluding hydrogens is 808 g/mol. The van der Waals surface area contributed by atoms with Crippen LogP contribution in [0.25, 0.3) is 22.3 Å². The fraction of sp³-hybridized carbons (Fsp3) is 0.579. The van der Waals surface area contributed by atoms with E-state index < -0.39 is 162 Å². The van der Waals surface area contributed by atoms with Crippen LogP contribution in [0, 0.1) is 5.92 Å². The molecule has 0 radical (unpaired) electrons. The van der Waals surface area contributed by atoms with Gasteiger partial charge in [-0.05, 0) is 31.5 Å². The molecule has 3 aliphatic heterocycles. The molecule has 0 saturated carbocycles. The Bertz CT molecular complexity index is 2040. The van der Waals surface area contributed by atoms with Gasteiger partial charge in [0.05, 0.1) is 25.2 Å². The first-order valence-corrected chi connectivity index (χ1v) is 18.9. The predicted octanol–water partition coefficient (Wildman–Crippen LogP) is -2.62. The Kier molecular flexibility index (Phi) is 13.8. The molecule has 3 aliphatic rings. The van der Waals surface area contributed by atoms with Crippen molar-refractivity contribution < 1.29 is 104 Å². The highest BCUT2D eigenvalue weighted by molar-refractivity contribution is 5.88. The van der Waals surface area contributed by atoms with E-state index in [4.69, 9.17) is 37.6 Å². The number of esters is 1. The summed E-state index contributed by atoms with van der Waals surface area (Å²) in [7, 11) is 0. The number of phenolic OH excluding ortho intramolecular Hbond substituents is 3. The lowest BCUT2D eigenvalue weighted by Crippen LogP contribution is -2.65. The van der Waals surface area contributed by atoms with Crippen LogP contribution in [0.15, 0.2) is 39.5 Å². The summed E-state index contributed by atoms with van der Waals surface area (Å²) in [6.45, 7) is 3.02. The zero-order valence-electron chi connectivity index (χ0n) is 32.2. The van der Waals surface area contributed by atoms with Crippen LogP contribution in [-0.2, 0) is 28.5 Å². The lowest BCUT2D eigenvalue weighted by molar-refractivity contribution is -0.351. The van der Waals surface area contributed by atoms with E-state index in [0.29, 0.717) is 6.42 Å². The van der Waals surface area contributed by atoms with Crippen molar-refractivity contribution in [2.24, 2.45) is 5.92 Å². The maximum Gasteiger partial charge on any atom is 0.309 e. The van der Waals surface area contributed by atoms with E-state index in [9.17, 15) is 70.9 Å². The molecule has 16 unspecified atom stereocenters. The molecule has 0 aliphatic carbocycles. The molecule has 22 heteroatoms. The third-order valence-electron chi connectivity index (χ3n) is 10.6. The predicted molar refractivity (Wildman–Crippen MR) is 196 cm³/mol. The van der Waals surface area contributed by atoms with Crippen LogP contribution in [0.3, 0.4) is 0 Å². The highest BCUT2D eigenvalue weighted by atomic mass is 16.7. The zero-order valence-corrected chi connectivity index (χ0v) is 32.2. The molecule has 0 amide bonds. The number of aliphatic hydroxyl groups excluding tert-OH is 9. The first kappa shape index (κ1) is 45.1. The van der Waals surface area contributed by atoms with Gasteiger partial charge >= 0.3 is 5.97 Å². The summed E-state index contributed by atoms with van der Waals surface area (Å²) < 4.78 is 46.2. The highest BCUT2D eigenvalue weighted by Gasteiger charge is 2.53. The van der Waals surface area contributed by atoms with E-state index in [0.717, 1.165) is 24.3 Å². The molecule has 60 heavy (non-hydrogen) atoms. The topological polar surface area (TPSA) is 355 Å². The molecule has 1 aromatic heterocycles. The van der Waals surface area contributed by atoms with Crippen molar-refractivity contribution in [1.29, 1.82) is 0 Å². The molecule has 2 aromatic carbocycles. The third kappa shape index (κ3) is 8.69. The first-order valence-electron chi connectivity index (χ1n) is 18.9. The molecule has 16 atom stereocenters. The smallest absolute Gasteiger partial charge is 0.309 e. The number of rotatable bonds is 12. The maximum atomic E-state index is 14.2. The van der Waals surface area contributed by atoms with Crippen molar-refractivity contribution in [2.45, 2.75) is 119 Å². The fourth-order valence-corrected chi connectivity index (χ4v) is 6.82. The van der Waals surface area contributed by atoms with E-state index in [1.54, 1.807) is 13.8 Å². The number of carbonyl (C=O) groups is 1. The Morgan fingerprint density at radius 2 is 1.33 bits per heavy atom. The minimum Gasteiger partial charge on any atom is -0.507 e. The van der Waals surface area contributed by atoms with Crippen molar-refractivity contribution in [2.75, 3.05) is 13.2 Å². The van der Waals surface area contributed by atoms with Gasteiger partial charge in [-0.15, -0.1) is 0 Å². The van der Waals surface area contributed by atoms with Crippen LogP contribution in [0.5, 0.6) is 28.7 Å². The van der Waals surface area contributed by atoms with E-state index >= 15 is 0 Å². The summed E-state index contributed by atoms with van der Waals surface area (Å²) in [6.07, 6.45) is -25.3. The molecule has 3 aromatic rings. The van der Waals surface area contributed by atoms with Gasteiger partial charge in [0, 0.05) is 17.7 Å². The number of aliphatic hydroxyl groups is 9. The minimum atomic E-state index is -1.99. The molecule has 6 rings (SSSR count). The largest absolute Gasteiger partial charge is 0.507 e. The van der Waals surface area contributed by atoms with Gasteiger partial charge < -0.3 is 98.9 Å². The van der Waals surface area contributed by atoms with Crippen molar-refractivity contribution in [1.82, 2.24) is 0 Å². The van der Waals surface area contributed by atoms with Crippen LogP contribution in [0.1, 0.15) is 27.2 Å². The number of fused-ring (bicyclic) bond motifs is 1. The minimum absolute atomic E-state index is 0.113. The number of phenols is 3. The molecular formula is C38H48O22. The number of benzene rings is 2. The van der Waals surface area contributed by atoms with Crippen molar-refractivity contribution in [3.05, 3.63) is 40.6 Å². The van der Waals surface area contributed by atoms with E-state index in [-0.39, 0.29) is 11.3 Å². The fourth-order valence-electron chi connectivity index (χ4n) is 6.82. The lowest BCUT2D eigenvalue weighted by Gasteiger charge is -2.46. The standard InChI is InChI=1S/C38H48O22/c1-4-12(2)35(52)58-34-32(59-36-29(50)27(48)24(45)20(10-39)56-36)23(44)13(3)53-38(34)54-15-8-18(43)22-19(9-15)55-31(14-5-6-16(41)17(42)7-14)33(26(22)47)60-37-30(51)28(49)25(46)21(11-40)57-37/h5-9,12-13,20-21,23-25,27-30,32,34,36-46,48-51H,4,10-11H2,1-3H3. The zero-order chi connectivity index (χ0) is 43.9. The summed E-state index contributed by atoms with van der Waals surface area (Å²) in [5.74, 6) is -5.10. The van der Waals surface area contributed by atoms with Gasteiger partial charge in [-0.1, -0.05) is 13.8 Å². The Morgan fingerprint density at radius 1 is 0.717 bits per heavy atom. The summed E-state index contributed by atoms with van der Waals surface area (Å²) in [5, 5.41) is 124. The van der Waals surface area contributed by atoms with Crippen molar-refractivity contribution in [3.63, 3.8) is 0 Å². The van der Waals surface area contributed by atoms with Gasteiger partial charge in [-0.25, -0.2) is 0 Å². The molecule has 3 saturated heterocycles. The number of ether oxygens (including phenoxy) is 7. The normalized spacial score (nSPS) is 35.2. The quantitative estimate of drug-likeness (QED) is 0.0655. The monoisotopic (exact) mass is 856 g/mol. The Morgan fingerprint density at radius 3 is 1.93 bits per heavy atom. The van der Waals surface area contributed by atoms with E-state index in [1.807, 2.05) is 0 Å². The van der Waals surface area contributed by atoms with Crippen molar-refractivity contribution >= 4 is 16.9 Å². The number of hydrogen-bond donors (Lipinski definition) is 12. The van der Waals surface area contributed by atoms with Crippen LogP contribution >= 0.6 is 0 Å². The van der Waals surface area contributed by atoms with Gasteiger partial charge in [-0.3, -0.25) is 9.59 Å². The number of carbonyl (C=O) groups excluding carboxylic acids is 1. The second-order valence-corrected chi connectivity index (χ2v) is 14.8. The SMILES string of the molecule is CCC(C)C(=O)OC1C(Oc2cc(O)c3c(=O)c(OC4OC(CO)C(O)C(O)C4O)c(-c4ccc(O)c(O)c4)oc3c2)OC(C)C(O)C1OC1OC(CO)C(O)C(O)C1O. The number of hydrogen-bond acceptors (Lipinski definition) is 22. The second kappa shape index (κ2) is 18.3. The molecule has 0 bridgehead atoms. The maximum absolute atomic E-state index is 14.2. The first-order chi connectivity index (χ1) is 28.4. The summed E-state index contributed by atoms with van der Waals surface area (Å²) in [5.41, 5.74) is -1.64. The third-order valence-corrected chi connectivity index (χ3v) is 10.6.